The van der Waals surface area contributed by atoms with Crippen LogP contribution in [0.25, 0.3) is 0 Å². The predicted octanol–water partition coefficient (Wildman–Crippen LogP) is 3.62. The van der Waals surface area contributed by atoms with Gasteiger partial charge >= 0.3 is 0 Å². The van der Waals surface area contributed by atoms with Crippen LogP contribution in [0.2, 0.25) is 0 Å². The molecule has 0 aromatic heterocycles. The third-order valence-electron chi connectivity index (χ3n) is 2.29. The van der Waals surface area contributed by atoms with Crippen LogP contribution in [-0.2, 0) is 0 Å². The Hall–Kier alpha value is -0.670. The molecule has 17 heavy (non-hydrogen) atoms. The van der Waals surface area contributed by atoms with Gasteiger partial charge in [0.15, 0.2) is 0 Å². The highest BCUT2D eigenvalue weighted by atomic mass is 32.2. The Morgan fingerprint density at radius 1 is 1.18 bits per heavy atom. The highest BCUT2D eigenvalue weighted by Crippen LogP contribution is 2.27. The molecular formula is C14H23NOS. The summed E-state index contributed by atoms with van der Waals surface area (Å²) < 4.78 is 5.78. The van der Waals surface area contributed by atoms with Crippen molar-refractivity contribution >= 4 is 11.8 Å². The van der Waals surface area contributed by atoms with Gasteiger partial charge in [0, 0.05) is 17.4 Å². The van der Waals surface area contributed by atoms with Crippen molar-refractivity contribution in [1.82, 2.24) is 0 Å². The first-order valence-corrected chi connectivity index (χ1v) is 7.18. The number of para-hydroxylation sites is 1. The minimum absolute atomic E-state index is 0.0392. The van der Waals surface area contributed by atoms with Crippen LogP contribution in [0.5, 0.6) is 5.75 Å². The predicted molar refractivity (Wildman–Crippen MR) is 76.7 cm³/mol. The van der Waals surface area contributed by atoms with Crippen molar-refractivity contribution in [2.75, 3.05) is 5.75 Å². The van der Waals surface area contributed by atoms with Crippen molar-refractivity contribution in [3.05, 3.63) is 29.8 Å². The van der Waals surface area contributed by atoms with Crippen LogP contribution < -0.4 is 10.5 Å². The highest BCUT2D eigenvalue weighted by molar-refractivity contribution is 7.99. The summed E-state index contributed by atoms with van der Waals surface area (Å²) in [6.07, 6.45) is 0.182. The summed E-state index contributed by atoms with van der Waals surface area (Å²) >= 11 is 1.88. The molecule has 1 unspecified atom stereocenters. The van der Waals surface area contributed by atoms with E-state index in [0.29, 0.717) is 5.25 Å². The summed E-state index contributed by atoms with van der Waals surface area (Å²) in [7, 11) is 0. The highest BCUT2D eigenvalue weighted by Gasteiger charge is 2.13. The van der Waals surface area contributed by atoms with E-state index in [1.807, 2.05) is 43.8 Å². The fourth-order valence-corrected chi connectivity index (χ4v) is 2.31. The third kappa shape index (κ3) is 5.00. The first-order chi connectivity index (χ1) is 8.00. The maximum Gasteiger partial charge on any atom is 0.124 e. The molecule has 0 aliphatic rings. The second-order valence-electron chi connectivity index (χ2n) is 4.69. The van der Waals surface area contributed by atoms with Gasteiger partial charge in [-0.1, -0.05) is 32.0 Å². The van der Waals surface area contributed by atoms with Crippen molar-refractivity contribution in [2.24, 2.45) is 5.73 Å². The van der Waals surface area contributed by atoms with Gasteiger partial charge in [-0.25, -0.2) is 0 Å². The second-order valence-corrected chi connectivity index (χ2v) is 6.30. The molecule has 0 bridgehead atoms. The maximum absolute atomic E-state index is 6.22. The Labute approximate surface area is 109 Å². The molecule has 0 heterocycles. The fourth-order valence-electron chi connectivity index (χ4n) is 1.53. The molecule has 1 rings (SSSR count). The van der Waals surface area contributed by atoms with Crippen molar-refractivity contribution < 1.29 is 4.74 Å². The van der Waals surface area contributed by atoms with Gasteiger partial charge in [0.05, 0.1) is 6.10 Å². The van der Waals surface area contributed by atoms with E-state index in [9.17, 15) is 0 Å². The number of benzene rings is 1. The monoisotopic (exact) mass is 253 g/mol. The van der Waals surface area contributed by atoms with Crippen molar-refractivity contribution in [2.45, 2.75) is 45.1 Å². The quantitative estimate of drug-likeness (QED) is 0.841. The number of thioether (sulfide) groups is 1. The van der Waals surface area contributed by atoms with E-state index in [1.54, 1.807) is 0 Å². The molecule has 0 spiro atoms. The van der Waals surface area contributed by atoms with Crippen LogP contribution in [0.4, 0.5) is 0 Å². The van der Waals surface area contributed by atoms with Crippen LogP contribution >= 0.6 is 11.8 Å². The molecule has 2 N–H and O–H groups in total. The lowest BCUT2D eigenvalue weighted by molar-refractivity contribution is 0.239. The van der Waals surface area contributed by atoms with E-state index < -0.39 is 0 Å². The summed E-state index contributed by atoms with van der Waals surface area (Å²) in [6, 6.07) is 8.10. The first kappa shape index (κ1) is 14.4. The molecule has 1 aromatic rings. The average Bonchev–Trinajstić information content (AvgIpc) is 2.25. The third-order valence-corrected chi connectivity index (χ3v) is 3.51. The normalized spacial score (nSPS) is 13.1. The average molecular weight is 253 g/mol. The van der Waals surface area contributed by atoms with Crippen LogP contribution in [0.3, 0.4) is 0 Å². The number of nitrogens with two attached hydrogens (primary N) is 1. The van der Waals surface area contributed by atoms with E-state index >= 15 is 0 Å². The van der Waals surface area contributed by atoms with Crippen molar-refractivity contribution in [3.8, 4) is 5.75 Å². The minimum Gasteiger partial charge on any atom is -0.491 e. The number of rotatable bonds is 6. The Bertz CT molecular complexity index is 339. The summed E-state index contributed by atoms with van der Waals surface area (Å²) in [4.78, 5) is 0. The van der Waals surface area contributed by atoms with Crippen molar-refractivity contribution in [3.63, 3.8) is 0 Å². The SMILES string of the molecule is CC(C)Oc1ccccc1C(N)CSC(C)C. The van der Waals surface area contributed by atoms with Gasteiger partial charge in [-0.05, 0) is 25.2 Å². The fraction of sp³-hybridized carbons (Fsp3) is 0.571. The van der Waals surface area contributed by atoms with E-state index in [2.05, 4.69) is 19.9 Å². The van der Waals surface area contributed by atoms with Gasteiger partial charge in [0.25, 0.3) is 0 Å². The Morgan fingerprint density at radius 2 is 1.82 bits per heavy atom. The lowest BCUT2D eigenvalue weighted by atomic mass is 10.1. The van der Waals surface area contributed by atoms with Crippen LogP contribution in [0, 0.1) is 0 Å². The second kappa shape index (κ2) is 6.92. The van der Waals surface area contributed by atoms with Gasteiger partial charge in [-0.3, -0.25) is 0 Å². The number of hydrogen-bond acceptors (Lipinski definition) is 3. The van der Waals surface area contributed by atoms with Gasteiger partial charge in [0.1, 0.15) is 5.75 Å². The Balaban J connectivity index is 2.74. The topological polar surface area (TPSA) is 35.2 Å². The van der Waals surface area contributed by atoms with Crippen LogP contribution in [-0.4, -0.2) is 17.1 Å². The summed E-state index contributed by atoms with van der Waals surface area (Å²) in [5, 5.41) is 0.610. The van der Waals surface area contributed by atoms with Gasteiger partial charge in [0.2, 0.25) is 0 Å². The molecule has 3 heteroatoms. The molecule has 0 saturated heterocycles. The molecule has 0 saturated carbocycles. The van der Waals surface area contributed by atoms with Gasteiger partial charge in [-0.15, -0.1) is 0 Å². The van der Waals surface area contributed by atoms with E-state index in [0.717, 1.165) is 17.1 Å². The standard InChI is InChI=1S/C14H23NOS/c1-10(2)16-14-8-6-5-7-12(14)13(15)9-17-11(3)4/h5-8,10-11,13H,9,15H2,1-4H3. The molecular weight excluding hydrogens is 230 g/mol. The lowest BCUT2D eigenvalue weighted by Gasteiger charge is -2.19. The molecule has 0 radical (unpaired) electrons. The lowest BCUT2D eigenvalue weighted by Crippen LogP contribution is -2.17. The zero-order valence-corrected chi connectivity index (χ0v) is 12.0. The molecule has 1 aromatic carbocycles. The van der Waals surface area contributed by atoms with Gasteiger partial charge < -0.3 is 10.5 Å². The molecule has 96 valence electrons. The summed E-state index contributed by atoms with van der Waals surface area (Å²) in [6.45, 7) is 8.44. The maximum atomic E-state index is 6.22. The number of ether oxygens (including phenoxy) is 1. The number of hydrogen-bond donors (Lipinski definition) is 1. The zero-order chi connectivity index (χ0) is 12.8. The smallest absolute Gasteiger partial charge is 0.124 e. The molecule has 1 atom stereocenters. The summed E-state index contributed by atoms with van der Waals surface area (Å²) in [5.41, 5.74) is 7.32. The minimum atomic E-state index is 0.0392. The van der Waals surface area contributed by atoms with E-state index in [-0.39, 0.29) is 12.1 Å². The van der Waals surface area contributed by atoms with E-state index in [1.165, 1.54) is 0 Å². The van der Waals surface area contributed by atoms with Crippen molar-refractivity contribution in [1.29, 1.82) is 0 Å². The largest absolute Gasteiger partial charge is 0.491 e. The Morgan fingerprint density at radius 3 is 2.41 bits per heavy atom. The Kier molecular flexibility index (Phi) is 5.86. The molecule has 0 fully saturated rings. The molecule has 0 aliphatic carbocycles. The first-order valence-electron chi connectivity index (χ1n) is 6.13. The van der Waals surface area contributed by atoms with E-state index in [4.69, 9.17) is 10.5 Å². The molecule has 0 aliphatic heterocycles. The molecule has 2 nitrogen and oxygen atoms in total. The van der Waals surface area contributed by atoms with Gasteiger partial charge in [-0.2, -0.15) is 11.8 Å². The van der Waals surface area contributed by atoms with Crippen LogP contribution in [0.15, 0.2) is 24.3 Å². The molecule has 0 amide bonds. The van der Waals surface area contributed by atoms with Crippen LogP contribution in [0.1, 0.15) is 39.3 Å². The summed E-state index contributed by atoms with van der Waals surface area (Å²) in [5.74, 6) is 1.84. The zero-order valence-electron chi connectivity index (χ0n) is 11.1.